The second-order valence-electron chi connectivity index (χ2n) is 5.40. The standard InChI is InChI=1S/C19H19NO2/c21-19(12-11-16-7-3-1-4-8-16)20(14-18-15-22-18)13-17-9-5-2-6-10-17/h1-12,18H,13-15H2. The van der Waals surface area contributed by atoms with Crippen LogP contribution in [0.1, 0.15) is 11.1 Å². The quantitative estimate of drug-likeness (QED) is 0.605. The molecule has 1 atom stereocenters. The summed E-state index contributed by atoms with van der Waals surface area (Å²) in [6.45, 7) is 2.01. The van der Waals surface area contributed by atoms with Crippen molar-refractivity contribution in [2.75, 3.05) is 13.2 Å². The molecule has 1 unspecified atom stereocenters. The van der Waals surface area contributed by atoms with E-state index < -0.39 is 0 Å². The minimum Gasteiger partial charge on any atom is -0.371 e. The third-order valence-electron chi connectivity index (χ3n) is 3.57. The van der Waals surface area contributed by atoms with E-state index in [0.717, 1.165) is 17.7 Å². The van der Waals surface area contributed by atoms with E-state index in [1.807, 2.05) is 71.6 Å². The van der Waals surface area contributed by atoms with Gasteiger partial charge >= 0.3 is 0 Å². The van der Waals surface area contributed by atoms with Gasteiger partial charge < -0.3 is 9.64 Å². The highest BCUT2D eigenvalue weighted by atomic mass is 16.6. The van der Waals surface area contributed by atoms with Crippen LogP contribution in [0.5, 0.6) is 0 Å². The number of amides is 1. The van der Waals surface area contributed by atoms with Crippen molar-refractivity contribution in [1.29, 1.82) is 0 Å². The van der Waals surface area contributed by atoms with Crippen LogP contribution in [0.2, 0.25) is 0 Å². The van der Waals surface area contributed by atoms with Gasteiger partial charge in [-0.15, -0.1) is 0 Å². The first-order chi connectivity index (χ1) is 10.8. The van der Waals surface area contributed by atoms with Gasteiger partial charge in [0.05, 0.1) is 12.7 Å². The van der Waals surface area contributed by atoms with Gasteiger partial charge in [0.25, 0.3) is 0 Å². The zero-order valence-corrected chi connectivity index (χ0v) is 12.4. The molecule has 0 bridgehead atoms. The number of rotatable bonds is 6. The summed E-state index contributed by atoms with van der Waals surface area (Å²) in [5, 5.41) is 0. The van der Waals surface area contributed by atoms with Crippen molar-refractivity contribution in [3.63, 3.8) is 0 Å². The predicted molar refractivity (Wildman–Crippen MR) is 87.1 cm³/mol. The molecule has 1 aliphatic heterocycles. The fourth-order valence-electron chi connectivity index (χ4n) is 2.29. The van der Waals surface area contributed by atoms with Crippen molar-refractivity contribution in [3.05, 3.63) is 77.9 Å². The first-order valence-electron chi connectivity index (χ1n) is 7.49. The lowest BCUT2D eigenvalue weighted by molar-refractivity contribution is -0.126. The molecular weight excluding hydrogens is 274 g/mol. The van der Waals surface area contributed by atoms with Gasteiger partial charge in [-0.2, -0.15) is 0 Å². The normalized spacial score (nSPS) is 16.6. The van der Waals surface area contributed by atoms with E-state index in [9.17, 15) is 4.79 Å². The van der Waals surface area contributed by atoms with Gasteiger partial charge in [-0.25, -0.2) is 0 Å². The lowest BCUT2D eigenvalue weighted by atomic mass is 10.2. The summed E-state index contributed by atoms with van der Waals surface area (Å²) in [5.74, 6) is 0.0169. The monoisotopic (exact) mass is 293 g/mol. The molecule has 0 aliphatic carbocycles. The second kappa shape index (κ2) is 7.05. The van der Waals surface area contributed by atoms with Crippen molar-refractivity contribution in [2.24, 2.45) is 0 Å². The van der Waals surface area contributed by atoms with E-state index in [-0.39, 0.29) is 12.0 Å². The molecule has 3 rings (SSSR count). The van der Waals surface area contributed by atoms with Gasteiger partial charge in [0, 0.05) is 19.2 Å². The fraction of sp³-hybridized carbons (Fsp3) is 0.211. The summed E-state index contributed by atoms with van der Waals surface area (Å²) in [6, 6.07) is 19.9. The molecule has 0 N–H and O–H groups in total. The van der Waals surface area contributed by atoms with E-state index in [1.165, 1.54) is 0 Å². The highest BCUT2D eigenvalue weighted by Crippen LogP contribution is 2.14. The number of nitrogens with zero attached hydrogens (tertiary/aromatic N) is 1. The van der Waals surface area contributed by atoms with Crippen LogP contribution in [0.25, 0.3) is 6.08 Å². The summed E-state index contributed by atoms with van der Waals surface area (Å²) in [6.07, 6.45) is 3.69. The molecule has 2 aromatic rings. The number of benzene rings is 2. The summed E-state index contributed by atoms with van der Waals surface area (Å²) < 4.78 is 5.27. The molecule has 1 amide bonds. The van der Waals surface area contributed by atoms with Gasteiger partial charge in [-0.1, -0.05) is 60.7 Å². The smallest absolute Gasteiger partial charge is 0.246 e. The zero-order valence-electron chi connectivity index (χ0n) is 12.4. The van der Waals surface area contributed by atoms with Gasteiger partial charge in [-0.3, -0.25) is 4.79 Å². The van der Waals surface area contributed by atoms with Crippen LogP contribution < -0.4 is 0 Å². The van der Waals surface area contributed by atoms with Crippen molar-refractivity contribution in [1.82, 2.24) is 4.90 Å². The Morgan fingerprint density at radius 3 is 2.36 bits per heavy atom. The highest BCUT2D eigenvalue weighted by Gasteiger charge is 2.27. The van der Waals surface area contributed by atoms with Crippen LogP contribution in [0.4, 0.5) is 0 Å². The number of ether oxygens (including phenoxy) is 1. The minimum atomic E-state index is 0.0169. The lowest BCUT2D eigenvalue weighted by Gasteiger charge is -2.20. The Morgan fingerprint density at radius 2 is 1.73 bits per heavy atom. The van der Waals surface area contributed by atoms with Crippen molar-refractivity contribution < 1.29 is 9.53 Å². The second-order valence-corrected chi connectivity index (χ2v) is 5.40. The summed E-state index contributed by atoms with van der Waals surface area (Å²) in [4.78, 5) is 14.3. The van der Waals surface area contributed by atoms with E-state index in [1.54, 1.807) is 6.08 Å². The number of epoxide rings is 1. The van der Waals surface area contributed by atoms with Crippen LogP contribution in [0.15, 0.2) is 66.7 Å². The number of hydrogen-bond donors (Lipinski definition) is 0. The third kappa shape index (κ3) is 4.30. The van der Waals surface area contributed by atoms with Gasteiger partial charge in [0.2, 0.25) is 5.91 Å². The topological polar surface area (TPSA) is 32.8 Å². The molecule has 0 radical (unpaired) electrons. The Kier molecular flexibility index (Phi) is 4.66. The SMILES string of the molecule is O=C(C=Cc1ccccc1)N(Cc1ccccc1)CC1CO1. The lowest BCUT2D eigenvalue weighted by Crippen LogP contribution is -2.32. The maximum atomic E-state index is 12.5. The van der Waals surface area contributed by atoms with Crippen molar-refractivity contribution in [3.8, 4) is 0 Å². The first-order valence-corrected chi connectivity index (χ1v) is 7.49. The molecule has 3 nitrogen and oxygen atoms in total. The van der Waals surface area contributed by atoms with Crippen molar-refractivity contribution in [2.45, 2.75) is 12.6 Å². The summed E-state index contributed by atoms with van der Waals surface area (Å²) >= 11 is 0. The largest absolute Gasteiger partial charge is 0.371 e. The Bertz CT molecular complexity index is 633. The fourth-order valence-corrected chi connectivity index (χ4v) is 2.29. The third-order valence-corrected chi connectivity index (χ3v) is 3.57. The molecule has 0 aromatic heterocycles. The average molecular weight is 293 g/mol. The predicted octanol–water partition coefficient (Wildman–Crippen LogP) is 3.13. The number of hydrogen-bond acceptors (Lipinski definition) is 2. The minimum absolute atomic E-state index is 0.0169. The molecule has 3 heteroatoms. The van der Waals surface area contributed by atoms with Gasteiger partial charge in [0.1, 0.15) is 0 Å². The summed E-state index contributed by atoms with van der Waals surface area (Å²) in [5.41, 5.74) is 2.16. The maximum absolute atomic E-state index is 12.5. The molecule has 1 saturated heterocycles. The molecular formula is C19H19NO2. The Balaban J connectivity index is 1.68. The molecule has 1 fully saturated rings. The molecule has 22 heavy (non-hydrogen) atoms. The molecule has 0 spiro atoms. The van der Waals surface area contributed by atoms with Crippen LogP contribution in [-0.2, 0) is 16.1 Å². The maximum Gasteiger partial charge on any atom is 0.246 e. The highest BCUT2D eigenvalue weighted by molar-refractivity contribution is 5.91. The van der Waals surface area contributed by atoms with Crippen LogP contribution in [0, 0.1) is 0 Å². The van der Waals surface area contributed by atoms with E-state index >= 15 is 0 Å². The van der Waals surface area contributed by atoms with Crippen LogP contribution in [0.3, 0.4) is 0 Å². The zero-order chi connectivity index (χ0) is 15.2. The number of carbonyl (C=O) groups is 1. The summed E-state index contributed by atoms with van der Waals surface area (Å²) in [7, 11) is 0. The molecule has 112 valence electrons. The first kappa shape index (κ1) is 14.5. The molecule has 0 saturated carbocycles. The number of carbonyl (C=O) groups excluding carboxylic acids is 1. The van der Waals surface area contributed by atoms with E-state index in [0.29, 0.717) is 13.1 Å². The van der Waals surface area contributed by atoms with Crippen molar-refractivity contribution >= 4 is 12.0 Å². The molecule has 1 heterocycles. The Morgan fingerprint density at radius 1 is 1.09 bits per heavy atom. The Labute approximate surface area is 130 Å². The van der Waals surface area contributed by atoms with Crippen LogP contribution >= 0.6 is 0 Å². The van der Waals surface area contributed by atoms with Crippen LogP contribution in [-0.4, -0.2) is 30.1 Å². The van der Waals surface area contributed by atoms with E-state index in [4.69, 9.17) is 4.74 Å². The van der Waals surface area contributed by atoms with Gasteiger partial charge in [0.15, 0.2) is 0 Å². The van der Waals surface area contributed by atoms with Gasteiger partial charge in [-0.05, 0) is 17.2 Å². The average Bonchev–Trinajstić information content (AvgIpc) is 3.38. The Hall–Kier alpha value is -2.39. The molecule has 1 aliphatic rings. The molecule has 2 aromatic carbocycles. The van der Waals surface area contributed by atoms with E-state index in [2.05, 4.69) is 0 Å².